The molecule has 9 heteroatoms. The molecule has 0 saturated carbocycles. The zero-order chi connectivity index (χ0) is 15.0. The third-order valence-electron chi connectivity index (χ3n) is 3.36. The van der Waals surface area contributed by atoms with E-state index in [0.29, 0.717) is 16.8 Å². The highest BCUT2D eigenvalue weighted by atomic mass is 32.2. The molecule has 2 aromatic rings. The van der Waals surface area contributed by atoms with Crippen LogP contribution in [-0.2, 0) is 14.8 Å². The number of pyridine rings is 1. The summed E-state index contributed by atoms with van der Waals surface area (Å²) in [7, 11) is -3.87. The minimum Gasteiger partial charge on any atom is -0.480 e. The average Bonchev–Trinajstić information content (AvgIpc) is 2.92. The van der Waals surface area contributed by atoms with Crippen molar-refractivity contribution < 1.29 is 18.3 Å². The smallest absolute Gasteiger partial charge is 0.322 e. The molecule has 1 aliphatic rings. The highest BCUT2D eigenvalue weighted by Crippen LogP contribution is 2.28. The van der Waals surface area contributed by atoms with Crippen LogP contribution in [-0.4, -0.2) is 57.9 Å². The summed E-state index contributed by atoms with van der Waals surface area (Å²) in [4.78, 5) is 18.2. The minimum atomic E-state index is -3.87. The van der Waals surface area contributed by atoms with Crippen LogP contribution in [0.5, 0.6) is 0 Å². The van der Waals surface area contributed by atoms with Crippen LogP contribution in [0.1, 0.15) is 0 Å². The normalized spacial score (nSPS) is 20.7. The SMILES string of the molecule is O=C(O)C1CSCCN1S(=O)(=O)c1c[nH]c2ncccc12. The van der Waals surface area contributed by atoms with Crippen molar-refractivity contribution in [1.82, 2.24) is 14.3 Å². The number of carbonyl (C=O) groups is 1. The number of fused-ring (bicyclic) bond motifs is 1. The second kappa shape index (κ2) is 5.32. The van der Waals surface area contributed by atoms with Crippen molar-refractivity contribution in [1.29, 1.82) is 0 Å². The van der Waals surface area contributed by atoms with E-state index >= 15 is 0 Å². The monoisotopic (exact) mass is 327 g/mol. The van der Waals surface area contributed by atoms with Gasteiger partial charge in [0.25, 0.3) is 0 Å². The van der Waals surface area contributed by atoms with E-state index in [1.54, 1.807) is 18.3 Å². The van der Waals surface area contributed by atoms with E-state index in [2.05, 4.69) is 9.97 Å². The molecule has 1 unspecified atom stereocenters. The van der Waals surface area contributed by atoms with Crippen LogP contribution in [0.3, 0.4) is 0 Å². The lowest BCUT2D eigenvalue weighted by Gasteiger charge is -2.31. The molecule has 1 saturated heterocycles. The second-order valence-corrected chi connectivity index (χ2v) is 7.61. The second-order valence-electron chi connectivity index (χ2n) is 4.60. The lowest BCUT2D eigenvalue weighted by atomic mass is 10.3. The summed E-state index contributed by atoms with van der Waals surface area (Å²) in [5.41, 5.74) is 0.467. The lowest BCUT2D eigenvalue weighted by molar-refractivity contribution is -0.140. The quantitative estimate of drug-likeness (QED) is 0.862. The predicted molar refractivity (Wildman–Crippen MR) is 78.7 cm³/mol. The molecule has 0 aromatic carbocycles. The number of hydrogen-bond donors (Lipinski definition) is 2. The largest absolute Gasteiger partial charge is 0.480 e. The van der Waals surface area contributed by atoms with E-state index in [0.717, 1.165) is 4.31 Å². The fourth-order valence-corrected chi connectivity index (χ4v) is 5.32. The molecular formula is C12H13N3O4S2. The van der Waals surface area contributed by atoms with E-state index in [4.69, 9.17) is 0 Å². The third-order valence-corrected chi connectivity index (χ3v) is 6.33. The van der Waals surface area contributed by atoms with E-state index in [9.17, 15) is 18.3 Å². The number of aromatic nitrogens is 2. The van der Waals surface area contributed by atoms with E-state index in [1.165, 1.54) is 18.0 Å². The number of rotatable bonds is 3. The molecule has 1 atom stereocenters. The van der Waals surface area contributed by atoms with Crippen LogP contribution >= 0.6 is 11.8 Å². The zero-order valence-electron chi connectivity index (χ0n) is 10.9. The van der Waals surface area contributed by atoms with Gasteiger partial charge in [-0.2, -0.15) is 16.1 Å². The maximum absolute atomic E-state index is 12.8. The first-order chi connectivity index (χ1) is 10.0. The summed E-state index contributed by atoms with van der Waals surface area (Å²) >= 11 is 1.44. The van der Waals surface area contributed by atoms with Crippen LogP contribution in [0, 0.1) is 0 Å². The number of nitrogens with one attached hydrogen (secondary N) is 1. The average molecular weight is 327 g/mol. The van der Waals surface area contributed by atoms with Gasteiger partial charge < -0.3 is 10.1 Å². The van der Waals surface area contributed by atoms with E-state index in [-0.39, 0.29) is 17.2 Å². The van der Waals surface area contributed by atoms with Crippen molar-refractivity contribution in [2.75, 3.05) is 18.1 Å². The Balaban J connectivity index is 2.09. The number of thioether (sulfide) groups is 1. The minimum absolute atomic E-state index is 0.0729. The number of hydrogen-bond acceptors (Lipinski definition) is 5. The predicted octanol–water partition coefficient (Wildman–Crippen LogP) is 0.754. The highest BCUT2D eigenvalue weighted by Gasteiger charge is 2.39. The fourth-order valence-electron chi connectivity index (χ4n) is 2.34. The Morgan fingerprint density at radius 2 is 2.33 bits per heavy atom. The number of carboxylic acid groups (broad SMARTS) is 1. The van der Waals surface area contributed by atoms with E-state index in [1.807, 2.05) is 0 Å². The number of sulfonamides is 1. The number of carboxylic acids is 1. The van der Waals surface area contributed by atoms with Gasteiger partial charge in [-0.05, 0) is 12.1 Å². The van der Waals surface area contributed by atoms with Gasteiger partial charge in [0, 0.05) is 35.8 Å². The summed E-state index contributed by atoms with van der Waals surface area (Å²) in [5, 5.41) is 9.72. The van der Waals surface area contributed by atoms with Crippen molar-refractivity contribution >= 4 is 38.8 Å². The van der Waals surface area contributed by atoms with Crippen molar-refractivity contribution in [3.63, 3.8) is 0 Å². The molecule has 0 spiro atoms. The van der Waals surface area contributed by atoms with Gasteiger partial charge in [-0.3, -0.25) is 4.79 Å². The topological polar surface area (TPSA) is 103 Å². The number of nitrogens with zero attached hydrogens (tertiary/aromatic N) is 2. The molecule has 1 aliphatic heterocycles. The van der Waals surface area contributed by atoms with Crippen molar-refractivity contribution in [3.8, 4) is 0 Å². The van der Waals surface area contributed by atoms with Crippen LogP contribution in [0.25, 0.3) is 11.0 Å². The van der Waals surface area contributed by atoms with Gasteiger partial charge in [-0.25, -0.2) is 13.4 Å². The fraction of sp³-hybridized carbons (Fsp3) is 0.333. The summed E-state index contributed by atoms with van der Waals surface area (Å²) in [6, 6.07) is 2.27. The van der Waals surface area contributed by atoms with E-state index < -0.39 is 22.0 Å². The van der Waals surface area contributed by atoms with Crippen molar-refractivity contribution in [2.24, 2.45) is 0 Å². The van der Waals surface area contributed by atoms with Crippen LogP contribution in [0.4, 0.5) is 0 Å². The van der Waals surface area contributed by atoms with Crippen molar-refractivity contribution in [2.45, 2.75) is 10.9 Å². The Kier molecular flexibility index (Phi) is 3.64. The summed E-state index contributed by atoms with van der Waals surface area (Å²) in [6.45, 7) is 0.191. The molecule has 3 heterocycles. The summed E-state index contributed by atoms with van der Waals surface area (Å²) in [5.74, 6) is -0.276. The van der Waals surface area contributed by atoms with Gasteiger partial charge in [0.2, 0.25) is 10.0 Å². The van der Waals surface area contributed by atoms with Gasteiger partial charge in [-0.1, -0.05) is 0 Å². The van der Waals surface area contributed by atoms with Gasteiger partial charge in [0.15, 0.2) is 0 Å². The third kappa shape index (κ3) is 2.41. The summed E-state index contributed by atoms with van der Waals surface area (Å²) in [6.07, 6.45) is 2.93. The highest BCUT2D eigenvalue weighted by molar-refractivity contribution is 7.99. The Labute approximate surface area is 125 Å². The van der Waals surface area contributed by atoms with Gasteiger partial charge in [0.1, 0.15) is 16.6 Å². The molecule has 3 rings (SSSR count). The Morgan fingerprint density at radius 3 is 3.10 bits per heavy atom. The first-order valence-electron chi connectivity index (χ1n) is 6.26. The molecule has 0 radical (unpaired) electrons. The van der Waals surface area contributed by atoms with Gasteiger partial charge in [0.05, 0.1) is 0 Å². The molecule has 112 valence electrons. The molecule has 0 amide bonds. The molecule has 1 fully saturated rings. The standard InChI is InChI=1S/C12H13N3O4S2/c16-12(17)9-7-20-5-4-15(9)21(18,19)10-6-14-11-8(10)2-1-3-13-11/h1-3,6,9H,4-5,7H2,(H,13,14)(H,16,17). The molecular weight excluding hydrogens is 314 g/mol. The molecule has 2 aromatic heterocycles. The molecule has 7 nitrogen and oxygen atoms in total. The number of H-pyrrole nitrogens is 1. The van der Waals surface area contributed by atoms with Crippen LogP contribution in [0.2, 0.25) is 0 Å². The maximum atomic E-state index is 12.8. The van der Waals surface area contributed by atoms with Gasteiger partial charge in [-0.15, -0.1) is 0 Å². The first kappa shape index (κ1) is 14.4. The van der Waals surface area contributed by atoms with Gasteiger partial charge >= 0.3 is 5.97 Å². The molecule has 2 N–H and O–H groups in total. The zero-order valence-corrected chi connectivity index (χ0v) is 12.5. The Hall–Kier alpha value is -1.58. The Bertz CT molecular complexity index is 787. The van der Waals surface area contributed by atoms with Crippen molar-refractivity contribution in [3.05, 3.63) is 24.5 Å². The molecule has 0 aliphatic carbocycles. The van der Waals surface area contributed by atoms with Crippen LogP contribution < -0.4 is 0 Å². The Morgan fingerprint density at radius 1 is 1.52 bits per heavy atom. The summed E-state index contributed by atoms with van der Waals surface area (Å²) < 4.78 is 26.6. The first-order valence-corrected chi connectivity index (χ1v) is 8.86. The lowest BCUT2D eigenvalue weighted by Crippen LogP contribution is -2.50. The molecule has 21 heavy (non-hydrogen) atoms. The molecule has 0 bridgehead atoms. The number of aliphatic carboxylic acids is 1. The number of aromatic amines is 1. The maximum Gasteiger partial charge on any atom is 0.322 e. The van der Waals surface area contributed by atoms with Crippen LogP contribution in [0.15, 0.2) is 29.4 Å².